The molecule has 5 heteroatoms. The van der Waals surface area contributed by atoms with Gasteiger partial charge < -0.3 is 14.4 Å². The second-order valence-electron chi connectivity index (χ2n) is 9.53. The van der Waals surface area contributed by atoms with E-state index in [2.05, 4.69) is 45.9 Å². The van der Waals surface area contributed by atoms with E-state index < -0.39 is 0 Å². The molecular formula is C25H41N3O2. The fourth-order valence-electron chi connectivity index (χ4n) is 5.96. The van der Waals surface area contributed by atoms with Crippen molar-refractivity contribution in [1.29, 1.82) is 0 Å². The molecule has 2 aliphatic heterocycles. The summed E-state index contributed by atoms with van der Waals surface area (Å²) >= 11 is 0. The minimum absolute atomic E-state index is 0.378. The molecule has 30 heavy (non-hydrogen) atoms. The number of methoxy groups -OCH3 is 1. The number of piperidine rings is 1. The number of hydrogen-bond acceptors (Lipinski definition) is 5. The highest BCUT2D eigenvalue weighted by Gasteiger charge is 2.45. The van der Waals surface area contributed by atoms with Gasteiger partial charge in [-0.2, -0.15) is 0 Å². The molecule has 4 rings (SSSR count). The number of piperazine rings is 1. The van der Waals surface area contributed by atoms with E-state index in [1.54, 1.807) is 0 Å². The molecule has 2 saturated heterocycles. The highest BCUT2D eigenvalue weighted by atomic mass is 16.5. The molecule has 5 nitrogen and oxygen atoms in total. The number of rotatable bonds is 8. The summed E-state index contributed by atoms with van der Waals surface area (Å²) in [6.07, 6.45) is 6.93. The van der Waals surface area contributed by atoms with Gasteiger partial charge in [-0.3, -0.25) is 9.80 Å². The summed E-state index contributed by atoms with van der Waals surface area (Å²) in [4.78, 5) is 7.71. The standard InChI is InChI=1S/C25H41N3O2/c1-3-26-14-16-27(17-15-26)18-19-30-23-9-5-4-8-22(23)20-28-13-7-12-25(21-28)11-6-10-24(25)29-2/h4-5,8-9,24H,3,6-7,10-21H2,1-2H3/t24-,25-/m1/s1. The molecule has 3 fully saturated rings. The summed E-state index contributed by atoms with van der Waals surface area (Å²) in [5.74, 6) is 1.07. The lowest BCUT2D eigenvalue weighted by molar-refractivity contribution is -0.0367. The SMILES string of the molecule is CCN1CCN(CCOc2ccccc2CN2CCC[C@]3(CCC[C@H]3OC)C2)CC1. The number of nitrogens with zero attached hydrogens (tertiary/aromatic N) is 3. The van der Waals surface area contributed by atoms with Crippen molar-refractivity contribution >= 4 is 0 Å². The van der Waals surface area contributed by atoms with Crippen LogP contribution in [0.3, 0.4) is 0 Å². The summed E-state index contributed by atoms with van der Waals surface area (Å²) in [6.45, 7) is 13.3. The molecule has 0 bridgehead atoms. The first-order chi connectivity index (χ1) is 14.7. The second kappa shape index (κ2) is 10.4. The van der Waals surface area contributed by atoms with Crippen LogP contribution in [0, 0.1) is 5.41 Å². The molecule has 0 aromatic heterocycles. The van der Waals surface area contributed by atoms with Crippen LogP contribution in [-0.2, 0) is 11.3 Å². The monoisotopic (exact) mass is 415 g/mol. The zero-order valence-corrected chi connectivity index (χ0v) is 19.2. The van der Waals surface area contributed by atoms with Crippen molar-refractivity contribution in [3.8, 4) is 5.75 Å². The van der Waals surface area contributed by atoms with Crippen molar-refractivity contribution in [2.24, 2.45) is 5.41 Å². The Balaban J connectivity index is 1.30. The predicted octanol–water partition coefficient (Wildman–Crippen LogP) is 3.48. The fourth-order valence-corrected chi connectivity index (χ4v) is 5.96. The largest absolute Gasteiger partial charge is 0.492 e. The maximum Gasteiger partial charge on any atom is 0.123 e. The van der Waals surface area contributed by atoms with Crippen LogP contribution >= 0.6 is 0 Å². The number of ether oxygens (including phenoxy) is 2. The Labute approximate surface area is 183 Å². The number of likely N-dealkylation sites (N-methyl/N-ethyl adjacent to an activating group) is 1. The van der Waals surface area contributed by atoms with Gasteiger partial charge in [0.2, 0.25) is 0 Å². The van der Waals surface area contributed by atoms with E-state index in [1.165, 1.54) is 70.4 Å². The smallest absolute Gasteiger partial charge is 0.123 e. The molecule has 0 amide bonds. The van der Waals surface area contributed by atoms with Crippen molar-refractivity contribution in [1.82, 2.24) is 14.7 Å². The zero-order valence-electron chi connectivity index (χ0n) is 19.2. The van der Waals surface area contributed by atoms with E-state index in [-0.39, 0.29) is 0 Å². The summed E-state index contributed by atoms with van der Waals surface area (Å²) in [6, 6.07) is 8.66. The first-order valence-electron chi connectivity index (χ1n) is 12.1. The molecule has 0 unspecified atom stereocenters. The first-order valence-corrected chi connectivity index (χ1v) is 12.1. The van der Waals surface area contributed by atoms with Gasteiger partial charge >= 0.3 is 0 Å². The summed E-state index contributed by atoms with van der Waals surface area (Å²) in [7, 11) is 1.90. The Morgan fingerprint density at radius 2 is 1.73 bits per heavy atom. The molecule has 0 N–H and O–H groups in total. The molecule has 1 aromatic carbocycles. The van der Waals surface area contributed by atoms with Gasteiger partial charge in [-0.15, -0.1) is 0 Å². The van der Waals surface area contributed by atoms with E-state index >= 15 is 0 Å². The molecule has 3 aliphatic rings. The van der Waals surface area contributed by atoms with Crippen LogP contribution in [0.15, 0.2) is 24.3 Å². The van der Waals surface area contributed by atoms with Crippen LogP contribution in [0.4, 0.5) is 0 Å². The van der Waals surface area contributed by atoms with Crippen LogP contribution < -0.4 is 4.74 Å². The minimum atomic E-state index is 0.378. The Kier molecular flexibility index (Phi) is 7.69. The van der Waals surface area contributed by atoms with E-state index in [0.29, 0.717) is 11.5 Å². The van der Waals surface area contributed by atoms with E-state index in [1.807, 2.05) is 7.11 Å². The Hall–Kier alpha value is -1.14. The van der Waals surface area contributed by atoms with Gasteiger partial charge in [0.25, 0.3) is 0 Å². The maximum atomic E-state index is 6.29. The lowest BCUT2D eigenvalue weighted by Gasteiger charge is -2.43. The molecule has 2 atom stereocenters. The summed E-state index contributed by atoms with van der Waals surface area (Å²) in [5.41, 5.74) is 1.71. The highest BCUT2D eigenvalue weighted by Crippen LogP contribution is 2.46. The summed E-state index contributed by atoms with van der Waals surface area (Å²) in [5, 5.41) is 0. The van der Waals surface area contributed by atoms with Crippen molar-refractivity contribution in [2.75, 3.05) is 66.1 Å². The molecule has 2 heterocycles. The number of benzene rings is 1. The predicted molar refractivity (Wildman–Crippen MR) is 122 cm³/mol. The average Bonchev–Trinajstić information content (AvgIpc) is 3.16. The second-order valence-corrected chi connectivity index (χ2v) is 9.53. The summed E-state index contributed by atoms with van der Waals surface area (Å²) < 4.78 is 12.2. The van der Waals surface area contributed by atoms with E-state index in [9.17, 15) is 0 Å². The number of hydrogen-bond donors (Lipinski definition) is 0. The molecule has 1 aromatic rings. The molecule has 0 radical (unpaired) electrons. The van der Waals surface area contributed by atoms with Gasteiger partial charge in [0.15, 0.2) is 0 Å². The van der Waals surface area contributed by atoms with Crippen LogP contribution in [0.25, 0.3) is 0 Å². The lowest BCUT2D eigenvalue weighted by Crippen LogP contribution is -2.47. The van der Waals surface area contributed by atoms with E-state index in [4.69, 9.17) is 9.47 Å². The van der Waals surface area contributed by atoms with Crippen LogP contribution in [-0.4, -0.2) is 86.9 Å². The van der Waals surface area contributed by atoms with E-state index in [0.717, 1.165) is 38.5 Å². The zero-order chi connectivity index (χ0) is 20.8. The molecule has 1 aliphatic carbocycles. The van der Waals surface area contributed by atoms with Crippen LogP contribution in [0.2, 0.25) is 0 Å². The third-order valence-electron chi connectivity index (χ3n) is 7.74. The Morgan fingerprint density at radius 3 is 2.53 bits per heavy atom. The van der Waals surface area contributed by atoms with Gasteiger partial charge in [0.1, 0.15) is 12.4 Å². The first kappa shape index (κ1) is 22.1. The molecule has 1 spiro atoms. The topological polar surface area (TPSA) is 28.2 Å². The molecular weight excluding hydrogens is 374 g/mol. The Bertz CT molecular complexity index is 662. The minimum Gasteiger partial charge on any atom is -0.492 e. The van der Waals surface area contributed by atoms with Crippen molar-refractivity contribution in [3.63, 3.8) is 0 Å². The maximum absolute atomic E-state index is 6.29. The van der Waals surface area contributed by atoms with Crippen molar-refractivity contribution < 1.29 is 9.47 Å². The van der Waals surface area contributed by atoms with Crippen LogP contribution in [0.1, 0.15) is 44.6 Å². The fraction of sp³-hybridized carbons (Fsp3) is 0.760. The molecule has 168 valence electrons. The highest BCUT2D eigenvalue weighted by molar-refractivity contribution is 5.33. The lowest BCUT2D eigenvalue weighted by atomic mass is 9.76. The van der Waals surface area contributed by atoms with Gasteiger partial charge in [0, 0.05) is 63.9 Å². The van der Waals surface area contributed by atoms with Crippen LogP contribution in [0.5, 0.6) is 5.75 Å². The van der Waals surface area contributed by atoms with Gasteiger partial charge in [-0.05, 0) is 44.8 Å². The van der Waals surface area contributed by atoms with Gasteiger partial charge in [0.05, 0.1) is 6.10 Å². The third kappa shape index (κ3) is 5.18. The van der Waals surface area contributed by atoms with Crippen molar-refractivity contribution in [2.45, 2.75) is 51.7 Å². The van der Waals surface area contributed by atoms with Crippen molar-refractivity contribution in [3.05, 3.63) is 29.8 Å². The Morgan fingerprint density at radius 1 is 0.967 bits per heavy atom. The van der Waals surface area contributed by atoms with Gasteiger partial charge in [-0.1, -0.05) is 31.5 Å². The quantitative estimate of drug-likeness (QED) is 0.648. The average molecular weight is 416 g/mol. The normalized spacial score (nSPS) is 28.9. The number of para-hydroxylation sites is 1. The van der Waals surface area contributed by atoms with Gasteiger partial charge in [-0.25, -0.2) is 0 Å². The third-order valence-corrected chi connectivity index (χ3v) is 7.74. The molecule has 1 saturated carbocycles. The number of likely N-dealkylation sites (tertiary alicyclic amines) is 1.